The first-order valence-corrected chi connectivity index (χ1v) is 3.95. The van der Waals surface area contributed by atoms with Crippen LogP contribution in [0.5, 0.6) is 5.75 Å². The Hall–Kier alpha value is -1.78. The number of nitrogens with two attached hydrogens (primary N) is 1. The van der Waals surface area contributed by atoms with Crippen LogP contribution in [0.2, 0.25) is 0 Å². The van der Waals surface area contributed by atoms with E-state index in [4.69, 9.17) is 10.8 Å². The van der Waals surface area contributed by atoms with Crippen LogP contribution in [0.3, 0.4) is 0 Å². The van der Waals surface area contributed by atoms with Gasteiger partial charge in [-0.05, 0) is 24.6 Å². The van der Waals surface area contributed by atoms with E-state index in [0.717, 1.165) is 6.07 Å². The molecule has 1 aromatic rings. The highest BCUT2D eigenvalue weighted by molar-refractivity contribution is 5.65. The quantitative estimate of drug-likeness (QED) is 0.761. The van der Waals surface area contributed by atoms with Crippen LogP contribution in [0.15, 0.2) is 18.2 Å². The van der Waals surface area contributed by atoms with Crippen LogP contribution in [0, 0.1) is 5.82 Å². The fourth-order valence-electron chi connectivity index (χ4n) is 1.02. The van der Waals surface area contributed by atoms with Gasteiger partial charge in [0.05, 0.1) is 0 Å². The molecule has 0 aliphatic heterocycles. The Labute approximate surface area is 80.1 Å². The number of phenols is 1. The highest BCUT2D eigenvalue weighted by Crippen LogP contribution is 2.22. The van der Waals surface area contributed by atoms with Gasteiger partial charge in [-0.25, -0.2) is 9.18 Å². The van der Waals surface area contributed by atoms with Crippen LogP contribution in [0.4, 0.5) is 9.18 Å². The Balaban J connectivity index is 2.85. The molecule has 1 atom stereocenters. The summed E-state index contributed by atoms with van der Waals surface area (Å²) in [7, 11) is 0. The molecule has 0 saturated carbocycles. The molecule has 3 N–H and O–H groups in total. The van der Waals surface area contributed by atoms with E-state index in [9.17, 15) is 9.18 Å². The van der Waals surface area contributed by atoms with Gasteiger partial charge >= 0.3 is 6.09 Å². The summed E-state index contributed by atoms with van der Waals surface area (Å²) in [6, 6.07) is 3.72. The maximum Gasteiger partial charge on any atom is 0.405 e. The van der Waals surface area contributed by atoms with Crippen molar-refractivity contribution in [3.63, 3.8) is 0 Å². The zero-order valence-electron chi connectivity index (χ0n) is 7.53. The number of benzene rings is 1. The lowest BCUT2D eigenvalue weighted by Gasteiger charge is -2.11. The average molecular weight is 199 g/mol. The first-order chi connectivity index (χ1) is 6.50. The first-order valence-electron chi connectivity index (χ1n) is 3.95. The standard InChI is InChI=1S/C9H10FNO3/c1-5(14-9(11)13)6-2-3-8(12)7(10)4-6/h2-5,12H,1H3,(H2,11,13). The predicted octanol–water partition coefficient (Wildman–Crippen LogP) is 1.69. The molecular weight excluding hydrogens is 189 g/mol. The molecule has 4 nitrogen and oxygen atoms in total. The van der Waals surface area contributed by atoms with Crippen molar-refractivity contribution >= 4 is 6.09 Å². The van der Waals surface area contributed by atoms with Gasteiger partial charge in [-0.3, -0.25) is 0 Å². The number of amides is 1. The van der Waals surface area contributed by atoms with Crippen LogP contribution in [0.25, 0.3) is 0 Å². The number of phenolic OH excluding ortho intramolecular Hbond substituents is 1. The summed E-state index contributed by atoms with van der Waals surface area (Å²) < 4.78 is 17.5. The van der Waals surface area contributed by atoms with Gasteiger partial charge in [-0.1, -0.05) is 6.07 Å². The molecule has 0 radical (unpaired) electrons. The van der Waals surface area contributed by atoms with Gasteiger partial charge in [0, 0.05) is 0 Å². The van der Waals surface area contributed by atoms with Crippen LogP contribution in [-0.4, -0.2) is 11.2 Å². The second kappa shape index (κ2) is 3.95. The van der Waals surface area contributed by atoms with E-state index in [1.807, 2.05) is 0 Å². The van der Waals surface area contributed by atoms with Gasteiger partial charge in [0.15, 0.2) is 11.6 Å². The van der Waals surface area contributed by atoms with Gasteiger partial charge in [-0.15, -0.1) is 0 Å². The fraction of sp³-hybridized carbons (Fsp3) is 0.222. The molecule has 1 aromatic carbocycles. The summed E-state index contributed by atoms with van der Waals surface area (Å²) in [5.74, 6) is -1.21. The molecule has 1 rings (SSSR count). The van der Waals surface area contributed by atoms with E-state index in [0.29, 0.717) is 5.56 Å². The number of halogens is 1. The third kappa shape index (κ3) is 2.35. The lowest BCUT2D eigenvalue weighted by Crippen LogP contribution is -2.15. The van der Waals surface area contributed by atoms with Crippen molar-refractivity contribution in [2.45, 2.75) is 13.0 Å². The van der Waals surface area contributed by atoms with E-state index in [1.54, 1.807) is 6.92 Å². The summed E-state index contributed by atoms with van der Waals surface area (Å²) in [4.78, 5) is 10.4. The highest BCUT2D eigenvalue weighted by Gasteiger charge is 2.11. The van der Waals surface area contributed by atoms with Crippen molar-refractivity contribution in [1.29, 1.82) is 0 Å². The van der Waals surface area contributed by atoms with Crippen LogP contribution in [0.1, 0.15) is 18.6 Å². The van der Waals surface area contributed by atoms with Crippen LogP contribution < -0.4 is 5.73 Å². The minimum atomic E-state index is -0.925. The van der Waals surface area contributed by atoms with Crippen molar-refractivity contribution in [2.75, 3.05) is 0 Å². The Morgan fingerprint density at radius 1 is 1.64 bits per heavy atom. The molecule has 5 heteroatoms. The summed E-state index contributed by atoms with van der Waals surface area (Å²) in [5, 5.41) is 8.90. The third-order valence-corrected chi connectivity index (χ3v) is 1.73. The third-order valence-electron chi connectivity index (χ3n) is 1.73. The van der Waals surface area contributed by atoms with Gasteiger partial charge in [0.1, 0.15) is 6.10 Å². The van der Waals surface area contributed by atoms with E-state index in [1.165, 1.54) is 12.1 Å². The number of carbonyl (C=O) groups excluding carboxylic acids is 1. The smallest absolute Gasteiger partial charge is 0.405 e. The molecule has 0 aliphatic rings. The summed E-state index contributed by atoms with van der Waals surface area (Å²) >= 11 is 0. The fourth-order valence-corrected chi connectivity index (χ4v) is 1.02. The summed E-state index contributed by atoms with van der Waals surface area (Å²) in [6.45, 7) is 1.55. The van der Waals surface area contributed by atoms with E-state index >= 15 is 0 Å². The lowest BCUT2D eigenvalue weighted by molar-refractivity contribution is 0.116. The molecule has 1 unspecified atom stereocenters. The van der Waals surface area contributed by atoms with Gasteiger partial charge in [0.25, 0.3) is 0 Å². The SMILES string of the molecule is CC(OC(N)=O)c1ccc(O)c(F)c1. The molecular formula is C9H10FNO3. The minimum absolute atomic E-state index is 0.430. The zero-order chi connectivity index (χ0) is 10.7. The monoisotopic (exact) mass is 199 g/mol. The van der Waals surface area contributed by atoms with E-state index in [-0.39, 0.29) is 0 Å². The maximum absolute atomic E-state index is 12.9. The molecule has 0 bridgehead atoms. The maximum atomic E-state index is 12.9. The molecule has 14 heavy (non-hydrogen) atoms. The first kappa shape index (κ1) is 10.3. The second-order valence-corrected chi connectivity index (χ2v) is 2.79. The van der Waals surface area contributed by atoms with E-state index < -0.39 is 23.8 Å². The Kier molecular flexibility index (Phi) is 2.91. The van der Waals surface area contributed by atoms with Gasteiger partial charge < -0.3 is 15.6 Å². The molecule has 0 aromatic heterocycles. The highest BCUT2D eigenvalue weighted by atomic mass is 19.1. The second-order valence-electron chi connectivity index (χ2n) is 2.79. The molecule has 0 saturated heterocycles. The van der Waals surface area contributed by atoms with Gasteiger partial charge in [0.2, 0.25) is 0 Å². The van der Waals surface area contributed by atoms with Crippen LogP contribution >= 0.6 is 0 Å². The number of hydrogen-bond acceptors (Lipinski definition) is 3. The van der Waals surface area contributed by atoms with Crippen molar-refractivity contribution in [3.05, 3.63) is 29.6 Å². The largest absolute Gasteiger partial charge is 0.505 e. The van der Waals surface area contributed by atoms with Crippen molar-refractivity contribution in [3.8, 4) is 5.75 Å². The average Bonchev–Trinajstić information content (AvgIpc) is 2.08. The van der Waals surface area contributed by atoms with Crippen molar-refractivity contribution < 1.29 is 19.0 Å². The summed E-state index contributed by atoms with van der Waals surface area (Å²) in [5.41, 5.74) is 5.22. The van der Waals surface area contributed by atoms with Crippen LogP contribution in [-0.2, 0) is 4.74 Å². The molecule has 0 spiro atoms. The molecule has 0 heterocycles. The molecule has 0 fully saturated rings. The number of ether oxygens (including phenoxy) is 1. The predicted molar refractivity (Wildman–Crippen MR) is 47.1 cm³/mol. The lowest BCUT2D eigenvalue weighted by atomic mass is 10.1. The van der Waals surface area contributed by atoms with E-state index in [2.05, 4.69) is 4.74 Å². The Bertz CT molecular complexity index is 354. The van der Waals surface area contributed by atoms with Crippen molar-refractivity contribution in [2.24, 2.45) is 5.73 Å². The number of aromatic hydroxyl groups is 1. The summed E-state index contributed by atoms with van der Waals surface area (Å²) in [6.07, 6.45) is -1.56. The number of hydrogen-bond donors (Lipinski definition) is 2. The zero-order valence-corrected chi connectivity index (χ0v) is 7.53. The number of carbonyl (C=O) groups is 1. The molecule has 0 aliphatic carbocycles. The van der Waals surface area contributed by atoms with Crippen molar-refractivity contribution in [1.82, 2.24) is 0 Å². The van der Waals surface area contributed by atoms with Gasteiger partial charge in [-0.2, -0.15) is 0 Å². The number of primary amides is 1. The molecule has 1 amide bonds. The number of rotatable bonds is 2. The Morgan fingerprint density at radius 3 is 2.79 bits per heavy atom. The normalized spacial score (nSPS) is 12.1. The molecule has 76 valence electrons. The Morgan fingerprint density at radius 2 is 2.29 bits per heavy atom. The topological polar surface area (TPSA) is 72.5 Å². The minimum Gasteiger partial charge on any atom is -0.505 e.